The van der Waals surface area contributed by atoms with Crippen LogP contribution in [0.25, 0.3) is 0 Å². The van der Waals surface area contributed by atoms with Gasteiger partial charge in [0, 0.05) is 18.2 Å². The highest BCUT2D eigenvalue weighted by Gasteiger charge is 2.36. The van der Waals surface area contributed by atoms with Crippen molar-refractivity contribution in [3.63, 3.8) is 0 Å². The van der Waals surface area contributed by atoms with Crippen LogP contribution >= 0.6 is 0 Å². The molecule has 2 heteroatoms. The molecule has 0 spiro atoms. The summed E-state index contributed by atoms with van der Waals surface area (Å²) in [6, 6.07) is 8.52. The van der Waals surface area contributed by atoms with Crippen LogP contribution in [0.5, 0.6) is 0 Å². The van der Waals surface area contributed by atoms with Crippen LogP contribution in [-0.4, -0.2) is 11.9 Å². The largest absolute Gasteiger partial charge is 0.308 e. The number of anilines is 1. The van der Waals surface area contributed by atoms with Crippen LogP contribution in [0.3, 0.4) is 0 Å². The van der Waals surface area contributed by atoms with Crippen LogP contribution in [0.4, 0.5) is 5.69 Å². The summed E-state index contributed by atoms with van der Waals surface area (Å²) in [5, 5.41) is 0. The third kappa shape index (κ3) is 1.21. The van der Waals surface area contributed by atoms with E-state index in [0.717, 1.165) is 24.1 Å². The minimum atomic E-state index is 0.209. The number of fused-ring (bicyclic) bond motifs is 3. The summed E-state index contributed by atoms with van der Waals surface area (Å²) in [5.74, 6) is 0.209. The first kappa shape index (κ1) is 8.72. The fourth-order valence-corrected chi connectivity index (χ4v) is 2.67. The first-order valence-corrected chi connectivity index (χ1v) is 5.32. The van der Waals surface area contributed by atoms with Crippen LogP contribution < -0.4 is 4.90 Å². The van der Waals surface area contributed by atoms with Gasteiger partial charge in [-0.15, -0.1) is 0 Å². The molecule has 2 aliphatic heterocycles. The van der Waals surface area contributed by atoms with Crippen LogP contribution in [0.1, 0.15) is 18.4 Å². The van der Waals surface area contributed by atoms with Gasteiger partial charge in [-0.3, -0.25) is 4.79 Å². The molecule has 0 aromatic heterocycles. The third-order valence-corrected chi connectivity index (χ3v) is 3.27. The quantitative estimate of drug-likeness (QED) is 0.587. The van der Waals surface area contributed by atoms with E-state index in [2.05, 4.69) is 12.6 Å². The van der Waals surface area contributed by atoms with Crippen molar-refractivity contribution in [2.45, 2.75) is 25.3 Å². The zero-order chi connectivity index (χ0) is 10.4. The molecule has 3 rings (SSSR count). The highest BCUT2D eigenvalue weighted by Crippen LogP contribution is 2.38. The predicted molar refractivity (Wildman–Crippen MR) is 59.8 cm³/mol. The molecule has 0 radical (unpaired) electrons. The molecule has 1 amide bonds. The van der Waals surface area contributed by atoms with E-state index < -0.39 is 0 Å². The summed E-state index contributed by atoms with van der Waals surface area (Å²) >= 11 is 0. The smallest absolute Gasteiger partial charge is 0.231 e. The number of piperidine rings is 1. The topological polar surface area (TPSA) is 20.3 Å². The molecule has 76 valence electrons. The zero-order valence-electron chi connectivity index (χ0n) is 8.57. The molecule has 15 heavy (non-hydrogen) atoms. The van der Waals surface area contributed by atoms with Crippen molar-refractivity contribution in [2.75, 3.05) is 4.90 Å². The number of rotatable bonds is 0. The van der Waals surface area contributed by atoms with Crippen molar-refractivity contribution >= 4 is 11.6 Å². The molecule has 1 unspecified atom stereocenters. The third-order valence-electron chi connectivity index (χ3n) is 3.27. The van der Waals surface area contributed by atoms with Gasteiger partial charge in [0.15, 0.2) is 0 Å². The fourth-order valence-electron chi connectivity index (χ4n) is 2.67. The Hall–Kier alpha value is -1.57. The minimum Gasteiger partial charge on any atom is -0.308 e. The molecule has 2 nitrogen and oxygen atoms in total. The summed E-state index contributed by atoms with van der Waals surface area (Å²) in [6.45, 7) is 3.94. The van der Waals surface area contributed by atoms with Crippen LogP contribution in [0.2, 0.25) is 0 Å². The molecule has 0 aliphatic carbocycles. The van der Waals surface area contributed by atoms with Gasteiger partial charge in [0.25, 0.3) is 0 Å². The summed E-state index contributed by atoms with van der Waals surface area (Å²) in [7, 11) is 0. The Bertz CT molecular complexity index is 450. The van der Waals surface area contributed by atoms with Crippen LogP contribution in [-0.2, 0) is 11.2 Å². The monoisotopic (exact) mass is 199 g/mol. The molecule has 0 saturated carbocycles. The van der Waals surface area contributed by atoms with E-state index in [4.69, 9.17) is 0 Å². The maximum Gasteiger partial charge on any atom is 0.231 e. The van der Waals surface area contributed by atoms with Crippen LogP contribution in [0, 0.1) is 0 Å². The molecule has 0 bridgehead atoms. The normalized spacial score (nSPS) is 24.0. The van der Waals surface area contributed by atoms with Gasteiger partial charge in [0.2, 0.25) is 5.91 Å². The Labute approximate surface area is 89.2 Å². The Morgan fingerprint density at radius 3 is 2.93 bits per heavy atom. The van der Waals surface area contributed by atoms with Crippen molar-refractivity contribution in [3.05, 3.63) is 42.0 Å². The van der Waals surface area contributed by atoms with Crippen molar-refractivity contribution in [2.24, 2.45) is 0 Å². The first-order valence-electron chi connectivity index (χ1n) is 5.32. The number of para-hydroxylation sites is 1. The van der Waals surface area contributed by atoms with E-state index in [9.17, 15) is 4.79 Å². The molecule has 1 aromatic rings. The van der Waals surface area contributed by atoms with Gasteiger partial charge in [-0.05, 0) is 24.5 Å². The summed E-state index contributed by atoms with van der Waals surface area (Å²) in [6.07, 6.45) is 2.46. The Kier molecular flexibility index (Phi) is 1.72. The Morgan fingerprint density at radius 1 is 1.27 bits per heavy atom. The number of amides is 1. The van der Waals surface area contributed by atoms with Crippen molar-refractivity contribution in [3.8, 4) is 0 Å². The van der Waals surface area contributed by atoms with Crippen molar-refractivity contribution < 1.29 is 4.79 Å². The standard InChI is InChI=1S/C13H13NO/c1-9-6-11-8-10-4-2-3-5-12(10)14(11)13(15)7-9/h2-5,11H,1,6-8H2. The van der Waals surface area contributed by atoms with E-state index in [1.54, 1.807) is 0 Å². The molecule has 1 aromatic carbocycles. The van der Waals surface area contributed by atoms with E-state index in [1.165, 1.54) is 5.56 Å². The predicted octanol–water partition coefficient (Wildman–Crippen LogP) is 2.29. The highest BCUT2D eigenvalue weighted by atomic mass is 16.2. The molecule has 1 atom stereocenters. The maximum absolute atomic E-state index is 11.9. The number of benzene rings is 1. The second kappa shape index (κ2) is 2.96. The number of hydrogen-bond donors (Lipinski definition) is 0. The molecule has 1 fully saturated rings. The molecule has 2 heterocycles. The van der Waals surface area contributed by atoms with Crippen molar-refractivity contribution in [1.29, 1.82) is 0 Å². The van der Waals surface area contributed by atoms with Gasteiger partial charge in [-0.25, -0.2) is 0 Å². The van der Waals surface area contributed by atoms with Gasteiger partial charge in [-0.2, -0.15) is 0 Å². The number of nitrogens with zero attached hydrogens (tertiary/aromatic N) is 1. The minimum absolute atomic E-state index is 0.209. The Morgan fingerprint density at radius 2 is 2.07 bits per heavy atom. The summed E-state index contributed by atoms with van der Waals surface area (Å²) < 4.78 is 0. The van der Waals surface area contributed by atoms with E-state index in [-0.39, 0.29) is 5.91 Å². The van der Waals surface area contributed by atoms with Gasteiger partial charge in [0.1, 0.15) is 0 Å². The summed E-state index contributed by atoms with van der Waals surface area (Å²) in [5.41, 5.74) is 3.49. The van der Waals surface area contributed by atoms with Gasteiger partial charge in [0.05, 0.1) is 0 Å². The average Bonchev–Trinajstić information content (AvgIpc) is 2.54. The number of carbonyl (C=O) groups excluding carboxylic acids is 1. The van der Waals surface area contributed by atoms with Crippen LogP contribution in [0.15, 0.2) is 36.4 Å². The first-order chi connectivity index (χ1) is 7.25. The molecule has 0 N–H and O–H groups in total. The second-order valence-corrected chi connectivity index (χ2v) is 4.38. The molecular formula is C13H13NO. The fraction of sp³-hybridized carbons (Fsp3) is 0.308. The molecule has 1 saturated heterocycles. The maximum atomic E-state index is 11.9. The molecule has 2 aliphatic rings. The van der Waals surface area contributed by atoms with E-state index in [1.807, 2.05) is 23.1 Å². The number of carbonyl (C=O) groups is 1. The van der Waals surface area contributed by atoms with E-state index >= 15 is 0 Å². The lowest BCUT2D eigenvalue weighted by Gasteiger charge is -2.31. The van der Waals surface area contributed by atoms with Crippen molar-refractivity contribution in [1.82, 2.24) is 0 Å². The lowest BCUT2D eigenvalue weighted by Crippen LogP contribution is -2.41. The number of hydrogen-bond acceptors (Lipinski definition) is 1. The summed E-state index contributed by atoms with van der Waals surface area (Å²) in [4.78, 5) is 13.9. The lowest BCUT2D eigenvalue weighted by molar-refractivity contribution is -0.119. The second-order valence-electron chi connectivity index (χ2n) is 4.38. The van der Waals surface area contributed by atoms with Gasteiger partial charge >= 0.3 is 0 Å². The SMILES string of the molecule is C=C1CC(=O)N2c3ccccc3CC2C1. The highest BCUT2D eigenvalue weighted by molar-refractivity contribution is 5.98. The molecular weight excluding hydrogens is 186 g/mol. The van der Waals surface area contributed by atoms with Gasteiger partial charge < -0.3 is 4.90 Å². The average molecular weight is 199 g/mol. The lowest BCUT2D eigenvalue weighted by atomic mass is 9.97. The zero-order valence-corrected chi connectivity index (χ0v) is 8.57. The van der Waals surface area contributed by atoms with E-state index in [0.29, 0.717) is 12.5 Å². The van der Waals surface area contributed by atoms with Gasteiger partial charge in [-0.1, -0.05) is 30.4 Å². The Balaban J connectivity index is 2.06.